The second kappa shape index (κ2) is 5.36. The van der Waals surface area contributed by atoms with Crippen LogP contribution in [-0.4, -0.2) is 30.1 Å². The topological polar surface area (TPSA) is 84.7 Å². The highest BCUT2D eigenvalue weighted by molar-refractivity contribution is 6.04. The molecule has 1 unspecified atom stereocenters. The van der Waals surface area contributed by atoms with Gasteiger partial charge in [0.15, 0.2) is 6.10 Å². The van der Waals surface area contributed by atoms with Gasteiger partial charge in [0, 0.05) is 24.7 Å². The molecule has 0 spiro atoms. The minimum atomic E-state index is -0.516. The average Bonchev–Trinajstić information content (AvgIpc) is 3.30. The van der Waals surface area contributed by atoms with Gasteiger partial charge in [-0.15, -0.1) is 0 Å². The monoisotopic (exact) mass is 327 g/mol. The number of fused-ring (bicyclic) bond motifs is 1. The number of likely N-dealkylation sites (N-methyl/N-ethyl adjacent to an activating group) is 1. The van der Waals surface area contributed by atoms with E-state index in [1.165, 1.54) is 4.90 Å². The van der Waals surface area contributed by atoms with E-state index in [9.17, 15) is 9.59 Å². The summed E-state index contributed by atoms with van der Waals surface area (Å²) in [6.45, 7) is 1.71. The lowest BCUT2D eigenvalue weighted by Gasteiger charge is -2.30. The van der Waals surface area contributed by atoms with Crippen LogP contribution in [0.15, 0.2) is 28.8 Å². The van der Waals surface area contributed by atoms with Crippen molar-refractivity contribution in [2.75, 3.05) is 17.3 Å². The molecule has 0 saturated heterocycles. The minimum Gasteiger partial charge on any atom is -0.479 e. The fourth-order valence-electron chi connectivity index (χ4n) is 2.75. The summed E-state index contributed by atoms with van der Waals surface area (Å²) in [6, 6.07) is 6.85. The summed E-state index contributed by atoms with van der Waals surface area (Å²) in [4.78, 5) is 25.8. The molecule has 1 aliphatic carbocycles. The Kier molecular flexibility index (Phi) is 3.30. The fourth-order valence-corrected chi connectivity index (χ4v) is 2.75. The zero-order chi connectivity index (χ0) is 16.8. The number of benzene rings is 1. The normalized spacial score (nSPS) is 19.7. The first-order chi connectivity index (χ1) is 11.5. The number of nitrogens with one attached hydrogen (secondary N) is 1. The van der Waals surface area contributed by atoms with Crippen molar-refractivity contribution in [1.29, 1.82) is 0 Å². The van der Waals surface area contributed by atoms with E-state index in [0.29, 0.717) is 23.0 Å². The molecule has 4 rings (SSSR count). The number of nitrogens with zero attached hydrogens (tertiary/aromatic N) is 2. The van der Waals surface area contributed by atoms with E-state index in [2.05, 4.69) is 10.5 Å². The van der Waals surface area contributed by atoms with Gasteiger partial charge in [0.25, 0.3) is 11.8 Å². The van der Waals surface area contributed by atoms with Gasteiger partial charge in [0.05, 0.1) is 11.4 Å². The van der Waals surface area contributed by atoms with Gasteiger partial charge in [0.1, 0.15) is 5.75 Å². The van der Waals surface area contributed by atoms with Gasteiger partial charge in [0.2, 0.25) is 5.76 Å². The largest absolute Gasteiger partial charge is 0.479 e. The summed E-state index contributed by atoms with van der Waals surface area (Å²) < 4.78 is 10.7. The lowest BCUT2D eigenvalue weighted by Crippen LogP contribution is -2.41. The summed E-state index contributed by atoms with van der Waals surface area (Å²) in [7, 11) is 1.68. The first-order valence-electron chi connectivity index (χ1n) is 7.89. The number of ether oxygens (including phenoxy) is 1. The highest BCUT2D eigenvalue weighted by Gasteiger charge is 2.30. The first-order valence-corrected chi connectivity index (χ1v) is 7.89. The van der Waals surface area contributed by atoms with Crippen LogP contribution in [0.25, 0.3) is 0 Å². The van der Waals surface area contributed by atoms with Crippen molar-refractivity contribution in [3.63, 3.8) is 0 Å². The smallest absolute Gasteiger partial charge is 0.294 e. The molecule has 1 N–H and O–H groups in total. The Balaban J connectivity index is 1.54. The Hall–Kier alpha value is -2.83. The third-order valence-corrected chi connectivity index (χ3v) is 4.31. The van der Waals surface area contributed by atoms with E-state index < -0.39 is 6.10 Å². The number of amides is 2. The molecular weight excluding hydrogens is 310 g/mol. The van der Waals surface area contributed by atoms with Crippen LogP contribution in [0.4, 0.5) is 11.4 Å². The van der Waals surface area contributed by atoms with Crippen LogP contribution in [0, 0.1) is 0 Å². The van der Waals surface area contributed by atoms with Gasteiger partial charge in [-0.1, -0.05) is 5.16 Å². The van der Waals surface area contributed by atoms with Crippen LogP contribution >= 0.6 is 0 Å². The first kappa shape index (κ1) is 14.7. The molecule has 7 heteroatoms. The molecule has 24 heavy (non-hydrogen) atoms. The quantitative estimate of drug-likeness (QED) is 0.936. The molecule has 1 aromatic heterocycles. The molecule has 124 valence electrons. The predicted octanol–water partition coefficient (Wildman–Crippen LogP) is 2.55. The average molecular weight is 327 g/mol. The van der Waals surface area contributed by atoms with Crippen LogP contribution in [0.5, 0.6) is 5.75 Å². The number of anilines is 2. The second-order valence-corrected chi connectivity index (χ2v) is 6.18. The van der Waals surface area contributed by atoms with Crippen molar-refractivity contribution in [3.05, 3.63) is 35.7 Å². The molecule has 2 aliphatic rings. The van der Waals surface area contributed by atoms with Crippen molar-refractivity contribution in [2.24, 2.45) is 0 Å². The van der Waals surface area contributed by atoms with Crippen LogP contribution in [0.1, 0.15) is 41.9 Å². The Morgan fingerprint density at radius 1 is 1.33 bits per heavy atom. The summed E-state index contributed by atoms with van der Waals surface area (Å²) >= 11 is 0. The summed E-state index contributed by atoms with van der Waals surface area (Å²) in [5, 5.41) is 6.69. The van der Waals surface area contributed by atoms with E-state index in [-0.39, 0.29) is 17.6 Å². The number of carbonyl (C=O) groups is 2. The number of aromatic nitrogens is 1. The number of hydrogen-bond donors (Lipinski definition) is 1. The molecule has 0 radical (unpaired) electrons. The molecule has 1 aliphatic heterocycles. The zero-order valence-electron chi connectivity index (χ0n) is 13.4. The van der Waals surface area contributed by atoms with Crippen LogP contribution in [0.2, 0.25) is 0 Å². The van der Waals surface area contributed by atoms with Crippen LogP contribution in [-0.2, 0) is 4.79 Å². The minimum absolute atomic E-state index is 0.129. The van der Waals surface area contributed by atoms with Crippen LogP contribution < -0.4 is 15.0 Å². The van der Waals surface area contributed by atoms with Crippen molar-refractivity contribution in [2.45, 2.75) is 31.8 Å². The third-order valence-electron chi connectivity index (χ3n) is 4.31. The number of rotatable bonds is 3. The second-order valence-electron chi connectivity index (χ2n) is 6.18. The fraction of sp³-hybridized carbons (Fsp3) is 0.353. The SMILES string of the molecule is CC1Oc2ccc(NC(=O)c3cc(C4CC4)no3)cc2N(C)C1=O. The van der Waals surface area contributed by atoms with Crippen molar-refractivity contribution < 1.29 is 18.8 Å². The van der Waals surface area contributed by atoms with Crippen molar-refractivity contribution in [1.82, 2.24) is 5.16 Å². The summed E-state index contributed by atoms with van der Waals surface area (Å²) in [6.07, 6.45) is 1.67. The summed E-state index contributed by atoms with van der Waals surface area (Å²) in [5.41, 5.74) is 2.01. The van der Waals surface area contributed by atoms with Crippen LogP contribution in [0.3, 0.4) is 0 Å². The van der Waals surface area contributed by atoms with Gasteiger partial charge in [-0.3, -0.25) is 9.59 Å². The standard InChI is InChI=1S/C17H17N3O4/c1-9-17(22)20(2)13-7-11(5-6-14(13)23-9)18-16(21)15-8-12(19-24-15)10-3-4-10/h5-10H,3-4H2,1-2H3,(H,18,21). The molecule has 0 bridgehead atoms. The maximum atomic E-state index is 12.3. The number of carbonyl (C=O) groups excluding carboxylic acids is 2. The van der Waals surface area contributed by atoms with Crippen molar-refractivity contribution in [3.8, 4) is 5.75 Å². The molecule has 2 heterocycles. The molecule has 1 saturated carbocycles. The molecule has 1 atom stereocenters. The van der Waals surface area contributed by atoms with Crippen molar-refractivity contribution >= 4 is 23.2 Å². The van der Waals surface area contributed by atoms with E-state index in [1.54, 1.807) is 38.2 Å². The van der Waals surface area contributed by atoms with E-state index in [1.807, 2.05) is 0 Å². The van der Waals surface area contributed by atoms with Gasteiger partial charge in [-0.05, 0) is 38.0 Å². The maximum absolute atomic E-state index is 12.3. The highest BCUT2D eigenvalue weighted by Crippen LogP contribution is 2.39. The zero-order valence-corrected chi connectivity index (χ0v) is 13.4. The lowest BCUT2D eigenvalue weighted by molar-refractivity contribution is -0.125. The van der Waals surface area contributed by atoms with E-state index in [4.69, 9.17) is 9.26 Å². The Labute approximate surface area is 138 Å². The Morgan fingerprint density at radius 3 is 2.88 bits per heavy atom. The summed E-state index contributed by atoms with van der Waals surface area (Å²) in [5.74, 6) is 0.726. The number of hydrogen-bond acceptors (Lipinski definition) is 5. The van der Waals surface area contributed by atoms with E-state index in [0.717, 1.165) is 18.5 Å². The predicted molar refractivity (Wildman–Crippen MR) is 86.4 cm³/mol. The lowest BCUT2D eigenvalue weighted by atomic mass is 10.2. The molecule has 2 aromatic rings. The molecular formula is C17H17N3O4. The maximum Gasteiger partial charge on any atom is 0.294 e. The highest BCUT2D eigenvalue weighted by atomic mass is 16.5. The molecule has 7 nitrogen and oxygen atoms in total. The van der Waals surface area contributed by atoms with E-state index >= 15 is 0 Å². The molecule has 1 fully saturated rings. The Morgan fingerprint density at radius 2 is 2.12 bits per heavy atom. The molecule has 2 amide bonds. The third kappa shape index (κ3) is 2.51. The van der Waals surface area contributed by atoms with Gasteiger partial charge >= 0.3 is 0 Å². The van der Waals surface area contributed by atoms with Gasteiger partial charge in [-0.2, -0.15) is 0 Å². The Bertz CT molecular complexity index is 825. The van der Waals surface area contributed by atoms with Gasteiger partial charge < -0.3 is 19.5 Å². The molecule has 1 aromatic carbocycles. The van der Waals surface area contributed by atoms with Gasteiger partial charge in [-0.25, -0.2) is 0 Å².